The SMILES string of the molecule is CCN(CC)C(=O)C1=C(C)N=c2s/c(=C\c3ccc(Sc4ccc(C)cc4)c([N+](=O)[O-])c3)c(=O)n2[C@@H]1c1cc(OC)ccc1OC. The van der Waals surface area contributed by atoms with Crippen LogP contribution in [-0.2, 0) is 4.79 Å². The molecule has 0 unspecified atom stereocenters. The Morgan fingerprint density at radius 2 is 1.78 bits per heavy atom. The molecule has 3 aromatic carbocycles. The monoisotopic (exact) mass is 658 g/mol. The number of methoxy groups -OCH3 is 2. The number of aromatic nitrogens is 1. The van der Waals surface area contributed by atoms with Crippen LogP contribution in [0, 0.1) is 17.0 Å². The number of nitrogens with zero attached hydrogens (tertiary/aromatic N) is 4. The summed E-state index contributed by atoms with van der Waals surface area (Å²) >= 11 is 2.47. The lowest BCUT2D eigenvalue weighted by Gasteiger charge is -2.30. The van der Waals surface area contributed by atoms with Crippen molar-refractivity contribution in [2.24, 2.45) is 4.99 Å². The number of fused-ring (bicyclic) bond motifs is 1. The maximum Gasteiger partial charge on any atom is 0.283 e. The van der Waals surface area contributed by atoms with Crippen LogP contribution in [0.3, 0.4) is 0 Å². The minimum atomic E-state index is -0.848. The fourth-order valence-electron chi connectivity index (χ4n) is 5.36. The summed E-state index contributed by atoms with van der Waals surface area (Å²) in [5, 5.41) is 12.1. The van der Waals surface area contributed by atoms with Crippen molar-refractivity contribution in [3.8, 4) is 11.5 Å². The lowest BCUT2D eigenvalue weighted by molar-refractivity contribution is -0.387. The fourth-order valence-corrected chi connectivity index (χ4v) is 7.31. The number of nitro groups is 1. The van der Waals surface area contributed by atoms with E-state index in [9.17, 15) is 19.7 Å². The zero-order chi connectivity index (χ0) is 33.1. The van der Waals surface area contributed by atoms with Gasteiger partial charge in [-0.3, -0.25) is 24.3 Å². The number of allylic oxidation sites excluding steroid dienone is 1. The predicted molar refractivity (Wildman–Crippen MR) is 180 cm³/mol. The van der Waals surface area contributed by atoms with E-state index >= 15 is 0 Å². The van der Waals surface area contributed by atoms with Gasteiger partial charge in [0, 0.05) is 29.6 Å². The molecule has 2 heterocycles. The zero-order valence-corrected chi connectivity index (χ0v) is 28.0. The zero-order valence-electron chi connectivity index (χ0n) is 26.4. The molecule has 238 valence electrons. The van der Waals surface area contributed by atoms with E-state index in [0.29, 0.717) is 61.2 Å². The van der Waals surface area contributed by atoms with Gasteiger partial charge in [-0.1, -0.05) is 46.9 Å². The largest absolute Gasteiger partial charge is 0.497 e. The van der Waals surface area contributed by atoms with Crippen LogP contribution in [0.5, 0.6) is 11.5 Å². The van der Waals surface area contributed by atoms with Crippen molar-refractivity contribution < 1.29 is 19.2 Å². The van der Waals surface area contributed by atoms with Crippen LogP contribution in [0.4, 0.5) is 5.69 Å². The highest BCUT2D eigenvalue weighted by Gasteiger charge is 2.36. The quantitative estimate of drug-likeness (QED) is 0.164. The third kappa shape index (κ3) is 6.35. The molecule has 1 amide bonds. The third-order valence-corrected chi connectivity index (χ3v) is 9.82. The predicted octanol–water partition coefficient (Wildman–Crippen LogP) is 5.49. The van der Waals surface area contributed by atoms with E-state index < -0.39 is 11.0 Å². The summed E-state index contributed by atoms with van der Waals surface area (Å²) < 4.78 is 13.0. The fraction of sp³-hybridized carbons (Fsp3) is 0.265. The minimum Gasteiger partial charge on any atom is -0.497 e. The molecule has 0 saturated heterocycles. The van der Waals surface area contributed by atoms with Gasteiger partial charge in [-0.2, -0.15) is 0 Å². The number of nitro benzene ring substituents is 1. The van der Waals surface area contributed by atoms with Gasteiger partial charge in [0.15, 0.2) is 4.80 Å². The molecule has 0 aliphatic carbocycles. The Morgan fingerprint density at radius 3 is 2.41 bits per heavy atom. The Bertz CT molecular complexity index is 2030. The smallest absolute Gasteiger partial charge is 0.283 e. The first kappa shape index (κ1) is 32.7. The number of hydrogen-bond donors (Lipinski definition) is 0. The van der Waals surface area contributed by atoms with E-state index in [4.69, 9.17) is 14.5 Å². The summed E-state index contributed by atoms with van der Waals surface area (Å²) in [5.74, 6) is 0.794. The number of aryl methyl sites for hydroxylation is 1. The second kappa shape index (κ2) is 13.8. The van der Waals surface area contributed by atoms with Crippen LogP contribution in [0.15, 0.2) is 91.5 Å². The van der Waals surface area contributed by atoms with Gasteiger partial charge in [-0.15, -0.1) is 0 Å². The summed E-state index contributed by atoms with van der Waals surface area (Å²) in [6.07, 6.45) is 1.63. The summed E-state index contributed by atoms with van der Waals surface area (Å²) in [6.45, 7) is 8.51. The molecule has 5 rings (SSSR count). The highest BCUT2D eigenvalue weighted by atomic mass is 32.2. The van der Waals surface area contributed by atoms with E-state index in [1.165, 1.54) is 29.5 Å². The summed E-state index contributed by atoms with van der Waals surface area (Å²) in [7, 11) is 3.08. The minimum absolute atomic E-state index is 0.0611. The van der Waals surface area contributed by atoms with Gasteiger partial charge in [0.2, 0.25) is 0 Å². The maximum absolute atomic E-state index is 14.2. The highest BCUT2D eigenvalue weighted by Crippen LogP contribution is 2.38. The number of thiazole rings is 1. The molecule has 0 radical (unpaired) electrons. The topological polar surface area (TPSA) is 116 Å². The standard InChI is InChI=1S/C34H34N4O6S2/c1-7-36(8-2)33(40)30-21(4)35-34-37(31(30)25-19-23(43-5)12-15-27(25)44-6)32(39)29(46-34)18-22-11-16-28(26(17-22)38(41)42)45-24-13-9-20(3)10-14-24/h9-19,31H,7-8H2,1-6H3/b29-18-/t31-/m1/s1. The molecule has 1 atom stereocenters. The van der Waals surface area contributed by atoms with Crippen LogP contribution in [0.2, 0.25) is 0 Å². The van der Waals surface area contributed by atoms with Gasteiger partial charge in [0.05, 0.1) is 39.8 Å². The molecular weight excluding hydrogens is 625 g/mol. The van der Waals surface area contributed by atoms with E-state index in [-0.39, 0.29) is 17.2 Å². The van der Waals surface area contributed by atoms with Crippen LogP contribution < -0.4 is 24.4 Å². The average molecular weight is 659 g/mol. The summed E-state index contributed by atoms with van der Waals surface area (Å²) in [5.41, 5.74) is 2.59. The molecule has 0 spiro atoms. The normalized spacial score (nSPS) is 14.5. The van der Waals surface area contributed by atoms with Crippen molar-refractivity contribution in [2.75, 3.05) is 27.3 Å². The van der Waals surface area contributed by atoms with E-state index in [1.807, 2.05) is 45.0 Å². The van der Waals surface area contributed by atoms with Crippen LogP contribution >= 0.6 is 23.1 Å². The van der Waals surface area contributed by atoms with Crippen molar-refractivity contribution >= 4 is 40.8 Å². The molecule has 4 aromatic rings. The summed E-state index contributed by atoms with van der Waals surface area (Å²) in [4.78, 5) is 48.0. The van der Waals surface area contributed by atoms with Gasteiger partial charge in [-0.25, -0.2) is 4.99 Å². The molecule has 0 N–H and O–H groups in total. The molecule has 0 bridgehead atoms. The molecule has 46 heavy (non-hydrogen) atoms. The van der Waals surface area contributed by atoms with Gasteiger partial charge >= 0.3 is 0 Å². The number of amides is 1. The average Bonchev–Trinajstić information content (AvgIpc) is 3.35. The van der Waals surface area contributed by atoms with Gasteiger partial charge < -0.3 is 14.4 Å². The van der Waals surface area contributed by atoms with Gasteiger partial charge in [0.1, 0.15) is 17.5 Å². The number of rotatable bonds is 10. The molecule has 1 aliphatic heterocycles. The number of hydrogen-bond acceptors (Lipinski definition) is 9. The number of carbonyl (C=O) groups is 1. The van der Waals surface area contributed by atoms with Crippen molar-refractivity contribution in [1.29, 1.82) is 0 Å². The Labute approximate surface area is 274 Å². The Balaban J connectivity index is 1.67. The van der Waals surface area contributed by atoms with Crippen LogP contribution in [-0.4, -0.2) is 47.6 Å². The summed E-state index contributed by atoms with van der Waals surface area (Å²) in [6, 6.07) is 17.1. The number of benzene rings is 3. The number of ether oxygens (including phenoxy) is 2. The highest BCUT2D eigenvalue weighted by molar-refractivity contribution is 7.99. The van der Waals surface area contributed by atoms with Gasteiger partial charge in [0.25, 0.3) is 17.2 Å². The van der Waals surface area contributed by atoms with E-state index in [1.54, 1.807) is 55.3 Å². The van der Waals surface area contributed by atoms with Crippen molar-refractivity contribution in [3.63, 3.8) is 0 Å². The van der Waals surface area contributed by atoms with E-state index in [2.05, 4.69) is 0 Å². The molecule has 1 aromatic heterocycles. The molecule has 10 nitrogen and oxygen atoms in total. The third-order valence-electron chi connectivity index (χ3n) is 7.76. The Hall–Kier alpha value is -4.68. The molecule has 1 aliphatic rings. The Morgan fingerprint density at radius 1 is 1.07 bits per heavy atom. The van der Waals surface area contributed by atoms with Crippen LogP contribution in [0.1, 0.15) is 43.5 Å². The first-order chi connectivity index (χ1) is 22.1. The molecule has 0 fully saturated rings. The molecular formula is C34H34N4O6S2. The number of carbonyl (C=O) groups excluding carboxylic acids is 1. The van der Waals surface area contributed by atoms with Crippen molar-refractivity contribution in [1.82, 2.24) is 9.47 Å². The second-order valence-electron chi connectivity index (χ2n) is 10.6. The Kier molecular flexibility index (Phi) is 9.78. The van der Waals surface area contributed by atoms with Gasteiger partial charge in [-0.05, 0) is 75.7 Å². The molecule has 12 heteroatoms. The van der Waals surface area contributed by atoms with Crippen molar-refractivity contribution in [3.05, 3.63) is 118 Å². The molecule has 0 saturated carbocycles. The maximum atomic E-state index is 14.2. The van der Waals surface area contributed by atoms with Crippen LogP contribution in [0.25, 0.3) is 6.08 Å². The lowest BCUT2D eigenvalue weighted by atomic mass is 9.93. The number of likely N-dealkylation sites (N-methyl/N-ethyl adjacent to an activating group) is 1. The first-order valence-corrected chi connectivity index (χ1v) is 16.3. The first-order valence-electron chi connectivity index (χ1n) is 14.7. The van der Waals surface area contributed by atoms with E-state index in [0.717, 1.165) is 21.8 Å². The van der Waals surface area contributed by atoms with Crippen molar-refractivity contribution in [2.45, 2.75) is 43.5 Å². The second-order valence-corrected chi connectivity index (χ2v) is 12.7. The lowest BCUT2D eigenvalue weighted by Crippen LogP contribution is -2.43.